The average molecular weight is 234 g/mol. The first kappa shape index (κ1) is 12.2. The molecule has 3 atom stereocenters. The summed E-state index contributed by atoms with van der Waals surface area (Å²) in [6, 6.07) is 4.55. The van der Waals surface area contributed by atoms with Gasteiger partial charge in [-0.25, -0.2) is 4.98 Å². The number of hydrogen-bond donors (Lipinski definition) is 1. The minimum Gasteiger partial charge on any atom is -0.481 e. The quantitative estimate of drug-likeness (QED) is 0.871. The smallest absolute Gasteiger partial charge is 0.214 e. The molecule has 1 aliphatic carbocycles. The number of hydrogen-bond acceptors (Lipinski definition) is 3. The van der Waals surface area contributed by atoms with Crippen molar-refractivity contribution in [3.05, 3.63) is 18.3 Å². The summed E-state index contributed by atoms with van der Waals surface area (Å²) in [5.74, 6) is 2.21. The first-order valence-corrected chi connectivity index (χ1v) is 6.47. The number of pyridine rings is 1. The second-order valence-corrected chi connectivity index (χ2v) is 5.11. The summed E-state index contributed by atoms with van der Waals surface area (Å²) in [6.45, 7) is 4.70. The molecule has 0 aliphatic heterocycles. The summed E-state index contributed by atoms with van der Waals surface area (Å²) >= 11 is 0. The van der Waals surface area contributed by atoms with Crippen molar-refractivity contribution in [3.63, 3.8) is 0 Å². The Balaban J connectivity index is 2.04. The lowest BCUT2D eigenvalue weighted by Gasteiger charge is -2.35. The molecule has 0 bridgehead atoms. The summed E-state index contributed by atoms with van der Waals surface area (Å²) in [4.78, 5) is 4.12. The van der Waals surface area contributed by atoms with Crippen molar-refractivity contribution >= 4 is 5.69 Å². The van der Waals surface area contributed by atoms with Crippen molar-refractivity contribution in [2.24, 2.45) is 11.8 Å². The van der Waals surface area contributed by atoms with E-state index in [1.165, 1.54) is 19.3 Å². The highest BCUT2D eigenvalue weighted by atomic mass is 16.5. The number of ether oxygens (including phenoxy) is 1. The van der Waals surface area contributed by atoms with Gasteiger partial charge in [-0.1, -0.05) is 26.7 Å². The van der Waals surface area contributed by atoms with Gasteiger partial charge in [0.25, 0.3) is 0 Å². The first-order valence-electron chi connectivity index (χ1n) is 6.47. The first-order chi connectivity index (χ1) is 8.20. The van der Waals surface area contributed by atoms with Crippen LogP contribution in [0.1, 0.15) is 33.1 Å². The third-order valence-corrected chi connectivity index (χ3v) is 4.00. The van der Waals surface area contributed by atoms with Crippen molar-refractivity contribution in [1.29, 1.82) is 0 Å². The van der Waals surface area contributed by atoms with Gasteiger partial charge in [0.2, 0.25) is 5.88 Å². The van der Waals surface area contributed by atoms with Crippen LogP contribution in [0.2, 0.25) is 0 Å². The zero-order chi connectivity index (χ0) is 12.3. The molecule has 2 rings (SSSR count). The Labute approximate surface area is 104 Å². The van der Waals surface area contributed by atoms with Gasteiger partial charge in [0.15, 0.2) is 0 Å². The molecule has 1 aromatic heterocycles. The van der Waals surface area contributed by atoms with Crippen LogP contribution in [-0.2, 0) is 0 Å². The van der Waals surface area contributed by atoms with Gasteiger partial charge in [-0.05, 0) is 24.3 Å². The second kappa shape index (κ2) is 5.39. The fourth-order valence-corrected chi connectivity index (χ4v) is 2.61. The molecule has 1 N–H and O–H groups in total. The predicted molar refractivity (Wildman–Crippen MR) is 70.4 cm³/mol. The Morgan fingerprint density at radius 2 is 2.18 bits per heavy atom. The molecule has 0 spiro atoms. The fraction of sp³-hybridized carbons (Fsp3) is 0.643. The van der Waals surface area contributed by atoms with Crippen LogP contribution >= 0.6 is 0 Å². The monoisotopic (exact) mass is 234 g/mol. The molecular formula is C14H22N2O. The Kier molecular flexibility index (Phi) is 3.87. The number of methoxy groups -OCH3 is 1. The maximum atomic E-state index is 5.14. The molecular weight excluding hydrogens is 212 g/mol. The molecule has 1 aliphatic rings. The van der Waals surface area contributed by atoms with E-state index in [-0.39, 0.29) is 0 Å². The van der Waals surface area contributed by atoms with E-state index < -0.39 is 0 Å². The molecule has 0 saturated heterocycles. The fourth-order valence-electron chi connectivity index (χ4n) is 2.61. The van der Waals surface area contributed by atoms with Gasteiger partial charge in [-0.3, -0.25) is 0 Å². The minimum absolute atomic E-state index is 0.575. The maximum Gasteiger partial charge on any atom is 0.214 e. The van der Waals surface area contributed by atoms with Crippen LogP contribution in [0.3, 0.4) is 0 Å². The van der Waals surface area contributed by atoms with Crippen molar-refractivity contribution in [2.75, 3.05) is 12.4 Å². The molecule has 1 heterocycles. The van der Waals surface area contributed by atoms with Crippen molar-refractivity contribution < 1.29 is 4.74 Å². The van der Waals surface area contributed by atoms with Crippen LogP contribution in [0, 0.1) is 11.8 Å². The molecule has 3 unspecified atom stereocenters. The van der Waals surface area contributed by atoms with Crippen molar-refractivity contribution in [1.82, 2.24) is 4.98 Å². The molecule has 3 nitrogen and oxygen atoms in total. The highest BCUT2D eigenvalue weighted by molar-refractivity contribution is 5.46. The van der Waals surface area contributed by atoms with Crippen molar-refractivity contribution in [2.45, 2.75) is 39.2 Å². The van der Waals surface area contributed by atoms with Gasteiger partial charge >= 0.3 is 0 Å². The topological polar surface area (TPSA) is 34.1 Å². The molecule has 0 radical (unpaired) electrons. The van der Waals surface area contributed by atoms with Crippen molar-refractivity contribution in [3.8, 4) is 5.88 Å². The molecule has 1 aromatic rings. The Morgan fingerprint density at radius 1 is 1.35 bits per heavy atom. The third-order valence-electron chi connectivity index (χ3n) is 4.00. The predicted octanol–water partition coefficient (Wildman–Crippen LogP) is 3.33. The van der Waals surface area contributed by atoms with E-state index in [1.54, 1.807) is 13.3 Å². The van der Waals surface area contributed by atoms with Gasteiger partial charge in [0, 0.05) is 24.0 Å². The molecule has 0 amide bonds. The van der Waals surface area contributed by atoms with Gasteiger partial charge in [0.05, 0.1) is 7.11 Å². The van der Waals surface area contributed by atoms with Crippen LogP contribution in [0.4, 0.5) is 5.69 Å². The minimum atomic E-state index is 0.575. The molecule has 1 saturated carbocycles. The van der Waals surface area contributed by atoms with Crippen LogP contribution in [-0.4, -0.2) is 18.1 Å². The van der Waals surface area contributed by atoms with Gasteiger partial charge < -0.3 is 10.1 Å². The number of aromatic nitrogens is 1. The zero-order valence-electron chi connectivity index (χ0n) is 10.9. The zero-order valence-corrected chi connectivity index (χ0v) is 10.9. The van der Waals surface area contributed by atoms with E-state index in [1.807, 2.05) is 12.1 Å². The summed E-state index contributed by atoms with van der Waals surface area (Å²) in [7, 11) is 1.65. The Bertz CT molecular complexity index is 367. The Hall–Kier alpha value is -1.25. The lowest BCUT2D eigenvalue weighted by Crippen LogP contribution is -2.34. The Morgan fingerprint density at radius 3 is 2.94 bits per heavy atom. The summed E-state index contributed by atoms with van der Waals surface area (Å²) < 4.78 is 5.14. The van der Waals surface area contributed by atoms with E-state index in [2.05, 4.69) is 24.1 Å². The van der Waals surface area contributed by atoms with E-state index in [0.717, 1.165) is 17.5 Å². The molecule has 94 valence electrons. The third kappa shape index (κ3) is 2.90. The van der Waals surface area contributed by atoms with Crippen LogP contribution in [0.5, 0.6) is 5.88 Å². The number of rotatable bonds is 3. The molecule has 1 fully saturated rings. The lowest BCUT2D eigenvalue weighted by molar-refractivity contribution is 0.253. The summed E-state index contributed by atoms with van der Waals surface area (Å²) in [6.07, 6.45) is 5.73. The largest absolute Gasteiger partial charge is 0.481 e. The van der Waals surface area contributed by atoms with Gasteiger partial charge in [0.1, 0.15) is 0 Å². The van der Waals surface area contributed by atoms with Crippen LogP contribution < -0.4 is 10.1 Å². The standard InChI is InChI=1S/C14H22N2O/c1-10-5-4-6-13(11(10)2)16-12-7-8-15-14(9-12)17-3/h7-11,13H,4-6H2,1-3H3,(H,15,16). The number of anilines is 1. The highest BCUT2D eigenvalue weighted by Crippen LogP contribution is 2.31. The van der Waals surface area contributed by atoms with E-state index in [4.69, 9.17) is 4.74 Å². The maximum absolute atomic E-state index is 5.14. The second-order valence-electron chi connectivity index (χ2n) is 5.11. The van der Waals surface area contributed by atoms with E-state index in [0.29, 0.717) is 11.9 Å². The molecule has 17 heavy (non-hydrogen) atoms. The highest BCUT2D eigenvalue weighted by Gasteiger charge is 2.26. The van der Waals surface area contributed by atoms with Gasteiger partial charge in [-0.15, -0.1) is 0 Å². The SMILES string of the molecule is COc1cc(NC2CCCC(C)C2C)ccn1. The average Bonchev–Trinajstić information content (AvgIpc) is 2.35. The van der Waals surface area contributed by atoms with E-state index in [9.17, 15) is 0 Å². The number of nitrogens with zero attached hydrogens (tertiary/aromatic N) is 1. The molecule has 3 heteroatoms. The van der Waals surface area contributed by atoms with Crippen LogP contribution in [0.15, 0.2) is 18.3 Å². The van der Waals surface area contributed by atoms with E-state index >= 15 is 0 Å². The molecule has 0 aromatic carbocycles. The number of nitrogens with one attached hydrogen (secondary N) is 1. The van der Waals surface area contributed by atoms with Gasteiger partial charge in [-0.2, -0.15) is 0 Å². The summed E-state index contributed by atoms with van der Waals surface area (Å²) in [5.41, 5.74) is 1.11. The lowest BCUT2D eigenvalue weighted by atomic mass is 9.78. The summed E-state index contributed by atoms with van der Waals surface area (Å²) in [5, 5.41) is 3.62. The van der Waals surface area contributed by atoms with Crippen LogP contribution in [0.25, 0.3) is 0 Å². The normalized spacial score (nSPS) is 28.8.